The first-order chi connectivity index (χ1) is 14.4. The van der Waals surface area contributed by atoms with Gasteiger partial charge in [-0.15, -0.1) is 0 Å². The van der Waals surface area contributed by atoms with Crippen molar-refractivity contribution in [3.05, 3.63) is 0 Å². The van der Waals surface area contributed by atoms with Crippen LogP contribution in [0.25, 0.3) is 0 Å². The molecule has 0 bridgehead atoms. The van der Waals surface area contributed by atoms with Gasteiger partial charge in [0.1, 0.15) is 11.3 Å². The molecule has 0 aliphatic carbocycles. The second-order valence-corrected chi connectivity index (χ2v) is 11.2. The Morgan fingerprint density at radius 2 is 1.48 bits per heavy atom. The molecule has 2 fully saturated rings. The number of urea groups is 1. The van der Waals surface area contributed by atoms with Gasteiger partial charge in [0.2, 0.25) is 0 Å². The number of hydrogen-bond acceptors (Lipinski definition) is 4. The highest BCUT2D eigenvalue weighted by molar-refractivity contribution is 6.07. The number of piperidine rings is 1. The number of rotatable bonds is 12. The van der Waals surface area contributed by atoms with E-state index in [0.717, 1.165) is 19.3 Å². The molecule has 0 radical (unpaired) electrons. The molecule has 0 aromatic carbocycles. The summed E-state index contributed by atoms with van der Waals surface area (Å²) in [5.41, 5.74) is -1.30. The molecule has 31 heavy (non-hydrogen) atoms. The Hall–Kier alpha value is -1.43. The molecule has 2 aliphatic heterocycles. The molecular weight excluding hydrogens is 390 g/mol. The van der Waals surface area contributed by atoms with E-state index >= 15 is 0 Å². The van der Waals surface area contributed by atoms with Crippen LogP contribution in [-0.2, 0) is 9.59 Å². The average Bonchev–Trinajstić information content (AvgIpc) is 2.82. The fourth-order valence-electron chi connectivity index (χ4n) is 5.91. The van der Waals surface area contributed by atoms with Crippen molar-refractivity contribution in [1.29, 1.82) is 0 Å². The van der Waals surface area contributed by atoms with Gasteiger partial charge < -0.3 is 10.6 Å². The van der Waals surface area contributed by atoms with Crippen LogP contribution in [-0.4, -0.2) is 45.8 Å². The zero-order valence-electron chi connectivity index (χ0n) is 20.7. The summed E-state index contributed by atoms with van der Waals surface area (Å²) in [7, 11) is 0. The molecule has 0 saturated carbocycles. The number of nitrogens with one attached hydrogen (secondary N) is 2. The van der Waals surface area contributed by atoms with Crippen LogP contribution in [0.1, 0.15) is 112 Å². The smallest absolute Gasteiger partial charge is 0.323 e. The highest BCUT2D eigenvalue weighted by atomic mass is 16.2. The molecule has 1 atom stereocenters. The number of carbonyl (C=O) groups is 3. The number of nitrogens with zero attached hydrogens (tertiary/aromatic N) is 1. The first-order valence-electron chi connectivity index (χ1n) is 12.4. The Morgan fingerprint density at radius 3 is 2.06 bits per heavy atom. The first kappa shape index (κ1) is 25.8. The lowest BCUT2D eigenvalue weighted by Gasteiger charge is -2.50. The molecule has 178 valence electrons. The minimum atomic E-state index is -0.826. The maximum atomic E-state index is 13.3. The number of ketones is 1. The van der Waals surface area contributed by atoms with E-state index in [1.54, 1.807) is 6.92 Å². The van der Waals surface area contributed by atoms with E-state index in [9.17, 15) is 14.4 Å². The summed E-state index contributed by atoms with van der Waals surface area (Å²) in [6, 6.07) is -0.284. The van der Waals surface area contributed by atoms with Crippen molar-refractivity contribution in [2.75, 3.05) is 6.54 Å². The number of hydrogen-bond donors (Lipinski definition) is 2. The molecule has 2 saturated heterocycles. The summed E-state index contributed by atoms with van der Waals surface area (Å²) in [6.45, 7) is 12.6. The Kier molecular flexibility index (Phi) is 8.71. The fraction of sp³-hybridized carbons (Fsp3) is 0.880. The SMILES string of the molecule is CCCCCCCCC(CCCN1C(=O)NC2(CC(C)(C)NC(C)(C)C2)C1=O)C(C)=O. The third-order valence-electron chi connectivity index (χ3n) is 6.83. The highest BCUT2D eigenvalue weighted by Crippen LogP contribution is 2.39. The summed E-state index contributed by atoms with van der Waals surface area (Å²) < 4.78 is 0. The second-order valence-electron chi connectivity index (χ2n) is 11.2. The first-order valence-corrected chi connectivity index (χ1v) is 12.4. The molecule has 6 nitrogen and oxygen atoms in total. The fourth-order valence-corrected chi connectivity index (χ4v) is 5.91. The number of amides is 3. The van der Waals surface area contributed by atoms with E-state index in [2.05, 4.69) is 45.3 Å². The van der Waals surface area contributed by atoms with Crippen molar-refractivity contribution >= 4 is 17.7 Å². The molecule has 0 aromatic rings. The normalized spacial score (nSPS) is 22.6. The zero-order valence-corrected chi connectivity index (χ0v) is 20.7. The Balaban J connectivity index is 1.88. The van der Waals surface area contributed by atoms with Gasteiger partial charge in [-0.3, -0.25) is 14.5 Å². The minimum absolute atomic E-state index is 0.0395. The van der Waals surface area contributed by atoms with Crippen LogP contribution in [0.2, 0.25) is 0 Å². The van der Waals surface area contributed by atoms with Crippen LogP contribution in [0, 0.1) is 5.92 Å². The number of unbranched alkanes of at least 4 members (excludes halogenated alkanes) is 5. The molecule has 6 heteroatoms. The Morgan fingerprint density at radius 1 is 0.935 bits per heavy atom. The quantitative estimate of drug-likeness (QED) is 0.336. The third kappa shape index (κ3) is 7.03. The van der Waals surface area contributed by atoms with Gasteiger partial charge in [-0.05, 0) is 66.7 Å². The third-order valence-corrected chi connectivity index (χ3v) is 6.83. The van der Waals surface area contributed by atoms with E-state index in [0.29, 0.717) is 25.8 Å². The van der Waals surface area contributed by atoms with Gasteiger partial charge in [0.15, 0.2) is 0 Å². The predicted octanol–water partition coefficient (Wildman–Crippen LogP) is 4.95. The number of imide groups is 1. The maximum Gasteiger partial charge on any atom is 0.325 e. The lowest BCUT2D eigenvalue weighted by Crippen LogP contribution is -2.68. The van der Waals surface area contributed by atoms with Crippen LogP contribution >= 0.6 is 0 Å². The van der Waals surface area contributed by atoms with Gasteiger partial charge in [-0.2, -0.15) is 0 Å². The van der Waals surface area contributed by atoms with Gasteiger partial charge in [0.05, 0.1) is 0 Å². The monoisotopic (exact) mass is 435 g/mol. The summed E-state index contributed by atoms with van der Waals surface area (Å²) in [5.74, 6) is 0.164. The largest absolute Gasteiger partial charge is 0.325 e. The molecule has 2 heterocycles. The second kappa shape index (κ2) is 10.5. The van der Waals surface area contributed by atoms with E-state index in [1.807, 2.05) is 0 Å². The van der Waals surface area contributed by atoms with E-state index in [4.69, 9.17) is 0 Å². The molecule has 2 aliphatic rings. The van der Waals surface area contributed by atoms with E-state index in [-0.39, 0.29) is 34.7 Å². The van der Waals surface area contributed by atoms with Crippen molar-refractivity contribution in [3.63, 3.8) is 0 Å². The summed E-state index contributed by atoms with van der Waals surface area (Å²) in [4.78, 5) is 39.5. The molecule has 2 rings (SSSR count). The molecule has 1 unspecified atom stereocenters. The van der Waals surface area contributed by atoms with Gasteiger partial charge in [-0.25, -0.2) is 4.79 Å². The Labute approximate surface area is 189 Å². The van der Waals surface area contributed by atoms with Crippen molar-refractivity contribution in [1.82, 2.24) is 15.5 Å². The minimum Gasteiger partial charge on any atom is -0.323 e. The van der Waals surface area contributed by atoms with Crippen LogP contribution < -0.4 is 10.6 Å². The van der Waals surface area contributed by atoms with E-state index < -0.39 is 5.54 Å². The molecule has 0 aromatic heterocycles. The van der Waals surface area contributed by atoms with Gasteiger partial charge in [-0.1, -0.05) is 45.4 Å². The van der Waals surface area contributed by atoms with Crippen molar-refractivity contribution in [2.24, 2.45) is 5.92 Å². The highest BCUT2D eigenvalue weighted by Gasteiger charge is 2.58. The predicted molar refractivity (Wildman–Crippen MR) is 125 cm³/mol. The van der Waals surface area contributed by atoms with Crippen molar-refractivity contribution < 1.29 is 14.4 Å². The summed E-state index contributed by atoms with van der Waals surface area (Å²) in [5, 5.41) is 6.61. The van der Waals surface area contributed by atoms with Crippen LogP contribution in [0.3, 0.4) is 0 Å². The zero-order chi connectivity index (χ0) is 23.3. The van der Waals surface area contributed by atoms with Gasteiger partial charge in [0, 0.05) is 23.5 Å². The molecule has 3 amide bonds. The standard InChI is InChI=1S/C25H45N3O3/c1-7-8-9-10-11-12-14-20(19(2)29)15-13-16-28-21(30)25(26-22(28)31)17-23(3,4)27-24(5,6)18-25/h20,27H,7-18H2,1-6H3,(H,26,31). The summed E-state index contributed by atoms with van der Waals surface area (Å²) in [6.07, 6.45) is 10.8. The number of Topliss-reactive ketones (excluding diaryl/α,β-unsaturated/α-hetero) is 1. The van der Waals surface area contributed by atoms with Crippen LogP contribution in [0.4, 0.5) is 4.79 Å². The summed E-state index contributed by atoms with van der Waals surface area (Å²) >= 11 is 0. The Bertz CT molecular complexity index is 640. The topological polar surface area (TPSA) is 78.5 Å². The molecule has 1 spiro atoms. The van der Waals surface area contributed by atoms with Crippen LogP contribution in [0.15, 0.2) is 0 Å². The average molecular weight is 436 g/mol. The van der Waals surface area contributed by atoms with Crippen molar-refractivity contribution in [2.45, 2.75) is 129 Å². The van der Waals surface area contributed by atoms with Crippen LogP contribution in [0.5, 0.6) is 0 Å². The maximum absolute atomic E-state index is 13.3. The lowest BCUT2D eigenvalue weighted by molar-refractivity contribution is -0.134. The lowest BCUT2D eigenvalue weighted by atomic mass is 9.71. The van der Waals surface area contributed by atoms with E-state index in [1.165, 1.54) is 37.0 Å². The van der Waals surface area contributed by atoms with Gasteiger partial charge in [0.25, 0.3) is 5.91 Å². The van der Waals surface area contributed by atoms with Gasteiger partial charge >= 0.3 is 6.03 Å². The van der Waals surface area contributed by atoms with Crippen molar-refractivity contribution in [3.8, 4) is 0 Å². The molecule has 2 N–H and O–H groups in total. The molecular formula is C25H45N3O3. The number of carbonyl (C=O) groups excluding carboxylic acids is 3.